The normalized spacial score (nSPS) is 20.7. The predicted octanol–water partition coefficient (Wildman–Crippen LogP) is 1.95. The van der Waals surface area contributed by atoms with Gasteiger partial charge in [-0.15, -0.1) is 0 Å². The number of nitro benzene ring substituents is 1. The highest BCUT2D eigenvalue weighted by Crippen LogP contribution is 2.37. The lowest BCUT2D eigenvalue weighted by atomic mass is 10.0. The van der Waals surface area contributed by atoms with Gasteiger partial charge in [0.05, 0.1) is 30.9 Å². The van der Waals surface area contributed by atoms with Crippen molar-refractivity contribution in [2.75, 3.05) is 38.3 Å². The Hall–Kier alpha value is -1.86. The van der Waals surface area contributed by atoms with Crippen LogP contribution in [0.3, 0.4) is 0 Å². The number of piperidine rings is 1. The third-order valence-corrected chi connectivity index (χ3v) is 4.05. The highest BCUT2D eigenvalue weighted by Gasteiger charge is 2.40. The van der Waals surface area contributed by atoms with Crippen LogP contribution in [0.15, 0.2) is 18.2 Å². The van der Waals surface area contributed by atoms with Crippen molar-refractivity contribution in [2.45, 2.75) is 18.6 Å². The van der Waals surface area contributed by atoms with Gasteiger partial charge in [0.25, 0.3) is 5.69 Å². The third-order valence-electron chi connectivity index (χ3n) is 4.05. The van der Waals surface area contributed by atoms with Gasteiger partial charge in [-0.05, 0) is 6.07 Å². The second kappa shape index (κ2) is 5.50. The van der Waals surface area contributed by atoms with Crippen LogP contribution in [0.1, 0.15) is 12.8 Å². The van der Waals surface area contributed by atoms with Crippen molar-refractivity contribution in [1.29, 1.82) is 0 Å². The summed E-state index contributed by atoms with van der Waals surface area (Å²) in [6.07, 6.45) is 1.50. The van der Waals surface area contributed by atoms with E-state index in [1.165, 1.54) is 6.07 Å². The summed E-state index contributed by atoms with van der Waals surface area (Å²) >= 11 is 0. The number of anilines is 1. The number of rotatable bonds is 3. The van der Waals surface area contributed by atoms with Crippen LogP contribution in [0.2, 0.25) is 0 Å². The minimum atomic E-state index is -0.454. The van der Waals surface area contributed by atoms with Crippen LogP contribution in [-0.2, 0) is 9.47 Å². The Morgan fingerprint density at radius 1 is 1.29 bits per heavy atom. The highest BCUT2D eigenvalue weighted by molar-refractivity contribution is 5.63. The molecule has 114 valence electrons. The number of hydrogen-bond acceptors (Lipinski definition) is 6. The maximum atomic E-state index is 10.9. The molecule has 0 radical (unpaired) electrons. The Balaban J connectivity index is 1.80. The molecule has 2 aliphatic rings. The summed E-state index contributed by atoms with van der Waals surface area (Å²) in [5.41, 5.74) is 0.819. The number of hydrogen-bond donors (Lipinski definition) is 0. The summed E-state index contributed by atoms with van der Waals surface area (Å²) in [5.74, 6) is 0.189. The number of nitro groups is 1. The summed E-state index contributed by atoms with van der Waals surface area (Å²) < 4.78 is 16.7. The van der Waals surface area contributed by atoms with Gasteiger partial charge in [-0.2, -0.15) is 0 Å². The molecule has 7 nitrogen and oxygen atoms in total. The zero-order valence-corrected chi connectivity index (χ0v) is 11.9. The number of benzene rings is 1. The molecule has 0 aliphatic carbocycles. The minimum Gasteiger partial charge on any atom is -0.495 e. The second-order valence-electron chi connectivity index (χ2n) is 5.21. The molecule has 0 unspecified atom stereocenters. The molecule has 1 aromatic rings. The van der Waals surface area contributed by atoms with E-state index >= 15 is 0 Å². The van der Waals surface area contributed by atoms with Crippen molar-refractivity contribution in [1.82, 2.24) is 0 Å². The van der Waals surface area contributed by atoms with Crippen LogP contribution in [0, 0.1) is 10.1 Å². The molecule has 1 aromatic carbocycles. The van der Waals surface area contributed by atoms with Gasteiger partial charge in [0.1, 0.15) is 5.75 Å². The largest absolute Gasteiger partial charge is 0.495 e. The van der Waals surface area contributed by atoms with Gasteiger partial charge in [0.2, 0.25) is 0 Å². The summed E-state index contributed by atoms with van der Waals surface area (Å²) in [5, 5.41) is 10.9. The van der Waals surface area contributed by atoms with Gasteiger partial charge >= 0.3 is 0 Å². The van der Waals surface area contributed by atoms with E-state index < -0.39 is 10.7 Å². The van der Waals surface area contributed by atoms with E-state index in [4.69, 9.17) is 14.2 Å². The standard InChI is InChI=1S/C14H18N2O5/c1-19-13-3-2-11(16(17)18)10-12(13)15-6-4-14(5-7-15)20-8-9-21-14/h2-3,10H,4-9H2,1H3. The Bertz CT molecular complexity index is 532. The van der Waals surface area contributed by atoms with Gasteiger partial charge in [0.15, 0.2) is 5.79 Å². The van der Waals surface area contributed by atoms with E-state index in [1.54, 1.807) is 19.2 Å². The highest BCUT2D eigenvalue weighted by atomic mass is 16.7. The van der Waals surface area contributed by atoms with Gasteiger partial charge in [-0.25, -0.2) is 0 Å². The van der Waals surface area contributed by atoms with E-state index in [-0.39, 0.29) is 5.69 Å². The lowest BCUT2D eigenvalue weighted by Gasteiger charge is -2.39. The van der Waals surface area contributed by atoms with Gasteiger partial charge in [-0.1, -0.05) is 0 Å². The summed E-state index contributed by atoms with van der Waals surface area (Å²) in [4.78, 5) is 12.6. The zero-order valence-electron chi connectivity index (χ0n) is 11.9. The van der Waals surface area contributed by atoms with Crippen LogP contribution < -0.4 is 9.64 Å². The van der Waals surface area contributed by atoms with E-state index in [9.17, 15) is 10.1 Å². The average molecular weight is 294 g/mol. The maximum absolute atomic E-state index is 10.9. The van der Waals surface area contributed by atoms with E-state index in [1.807, 2.05) is 0 Å². The molecule has 21 heavy (non-hydrogen) atoms. The predicted molar refractivity (Wildman–Crippen MR) is 75.7 cm³/mol. The van der Waals surface area contributed by atoms with Crippen LogP contribution in [0.5, 0.6) is 5.75 Å². The Morgan fingerprint density at radius 2 is 1.95 bits per heavy atom. The molecular weight excluding hydrogens is 276 g/mol. The smallest absolute Gasteiger partial charge is 0.271 e. The maximum Gasteiger partial charge on any atom is 0.271 e. The Kier molecular flexibility index (Phi) is 3.69. The number of non-ortho nitro benzene ring substituents is 1. The first-order chi connectivity index (χ1) is 10.1. The van der Waals surface area contributed by atoms with Crippen molar-refractivity contribution in [3.63, 3.8) is 0 Å². The van der Waals surface area contributed by atoms with E-state index in [0.717, 1.165) is 31.6 Å². The molecule has 1 spiro atoms. The van der Waals surface area contributed by atoms with Crippen LogP contribution in [0.25, 0.3) is 0 Å². The first kappa shape index (κ1) is 14.1. The molecule has 2 heterocycles. The molecule has 2 aliphatic heterocycles. The molecule has 0 N–H and O–H groups in total. The summed E-state index contributed by atoms with van der Waals surface area (Å²) in [6, 6.07) is 4.66. The monoisotopic (exact) mass is 294 g/mol. The Morgan fingerprint density at radius 3 is 2.52 bits per heavy atom. The SMILES string of the molecule is COc1ccc([N+](=O)[O-])cc1N1CCC2(CC1)OCCO2. The third kappa shape index (κ3) is 2.66. The topological polar surface area (TPSA) is 74.1 Å². The number of methoxy groups -OCH3 is 1. The molecule has 0 saturated carbocycles. The number of ether oxygens (including phenoxy) is 3. The molecule has 3 rings (SSSR count). The fraction of sp³-hybridized carbons (Fsp3) is 0.571. The quantitative estimate of drug-likeness (QED) is 0.626. The lowest BCUT2D eigenvalue weighted by molar-refractivity contribution is -0.384. The molecule has 0 atom stereocenters. The lowest BCUT2D eigenvalue weighted by Crippen LogP contribution is -2.45. The zero-order chi connectivity index (χ0) is 14.9. The average Bonchev–Trinajstić information content (AvgIpc) is 2.95. The van der Waals surface area contributed by atoms with Gasteiger partial charge in [-0.3, -0.25) is 10.1 Å². The first-order valence-electron chi connectivity index (χ1n) is 6.99. The molecule has 2 saturated heterocycles. The minimum absolute atomic E-state index is 0.0689. The van der Waals surface area contributed by atoms with E-state index in [0.29, 0.717) is 19.0 Å². The van der Waals surface area contributed by atoms with Crippen LogP contribution in [0.4, 0.5) is 11.4 Å². The van der Waals surface area contributed by atoms with Crippen molar-refractivity contribution in [3.05, 3.63) is 28.3 Å². The van der Waals surface area contributed by atoms with Crippen LogP contribution >= 0.6 is 0 Å². The van der Waals surface area contributed by atoms with Crippen molar-refractivity contribution in [2.24, 2.45) is 0 Å². The molecule has 0 aromatic heterocycles. The second-order valence-corrected chi connectivity index (χ2v) is 5.21. The molecule has 0 bridgehead atoms. The summed E-state index contributed by atoms with van der Waals surface area (Å²) in [6.45, 7) is 2.72. The van der Waals surface area contributed by atoms with Crippen molar-refractivity contribution in [3.8, 4) is 5.75 Å². The first-order valence-corrected chi connectivity index (χ1v) is 6.99. The fourth-order valence-electron chi connectivity index (χ4n) is 2.91. The van der Waals surface area contributed by atoms with Crippen molar-refractivity contribution >= 4 is 11.4 Å². The van der Waals surface area contributed by atoms with Gasteiger partial charge in [0, 0.05) is 38.1 Å². The van der Waals surface area contributed by atoms with Gasteiger partial charge < -0.3 is 19.1 Å². The van der Waals surface area contributed by atoms with Crippen molar-refractivity contribution < 1.29 is 19.1 Å². The fourth-order valence-corrected chi connectivity index (χ4v) is 2.91. The summed E-state index contributed by atoms with van der Waals surface area (Å²) in [7, 11) is 1.57. The number of nitrogens with zero attached hydrogens (tertiary/aromatic N) is 2. The molecule has 0 amide bonds. The van der Waals surface area contributed by atoms with E-state index in [2.05, 4.69) is 4.90 Å². The van der Waals surface area contributed by atoms with Crippen LogP contribution in [-0.4, -0.2) is 44.1 Å². The molecular formula is C14H18N2O5. The Labute approximate surface area is 122 Å². The molecule has 7 heteroatoms. The molecule has 2 fully saturated rings.